The molecule has 0 aliphatic rings. The van der Waals surface area contributed by atoms with Crippen molar-refractivity contribution in [2.45, 2.75) is 33.3 Å². The fraction of sp³-hybridized carbons (Fsp3) is 0.294. The minimum Gasteiger partial charge on any atom is -0.488 e. The van der Waals surface area contributed by atoms with Gasteiger partial charge < -0.3 is 10.1 Å². The monoisotopic (exact) mass is 289 g/mol. The van der Waals surface area contributed by atoms with E-state index < -0.39 is 0 Å². The molecule has 0 amide bonds. The zero-order chi connectivity index (χ0) is 14.8. The largest absolute Gasteiger partial charge is 0.488 e. The van der Waals surface area contributed by atoms with Crippen LogP contribution in [0.1, 0.15) is 26.3 Å². The first-order valence-electron chi connectivity index (χ1n) is 6.66. The number of hydrogen-bond acceptors (Lipinski definition) is 2. The molecule has 1 N–H and O–H groups in total. The fourth-order valence-corrected chi connectivity index (χ4v) is 2.01. The molecule has 3 heteroatoms. The van der Waals surface area contributed by atoms with Crippen molar-refractivity contribution in [1.29, 1.82) is 0 Å². The number of aryl methyl sites for hydroxylation is 1. The summed E-state index contributed by atoms with van der Waals surface area (Å²) < 4.78 is 5.86. The third-order valence-electron chi connectivity index (χ3n) is 2.75. The second kappa shape index (κ2) is 5.76. The Labute approximate surface area is 125 Å². The molecule has 106 valence electrons. The van der Waals surface area contributed by atoms with Gasteiger partial charge in [-0.25, -0.2) is 0 Å². The van der Waals surface area contributed by atoms with Crippen molar-refractivity contribution in [1.82, 2.24) is 0 Å². The molecule has 0 unspecified atom stereocenters. The molecule has 0 aliphatic heterocycles. The average molecular weight is 290 g/mol. The SMILES string of the molecule is Cc1cc(OC(C)(C)C)ccc1Nc1ccc(Cl)cc1. The molecule has 2 aromatic carbocycles. The Bertz CT molecular complexity index is 585. The lowest BCUT2D eigenvalue weighted by Crippen LogP contribution is -2.22. The van der Waals surface area contributed by atoms with E-state index in [1.54, 1.807) is 0 Å². The van der Waals surface area contributed by atoms with Crippen molar-refractivity contribution in [3.05, 3.63) is 53.1 Å². The summed E-state index contributed by atoms with van der Waals surface area (Å²) in [5, 5.41) is 4.11. The summed E-state index contributed by atoms with van der Waals surface area (Å²) >= 11 is 5.88. The predicted molar refractivity (Wildman–Crippen MR) is 86.3 cm³/mol. The van der Waals surface area contributed by atoms with Gasteiger partial charge in [0.15, 0.2) is 0 Å². The summed E-state index contributed by atoms with van der Waals surface area (Å²) in [6.07, 6.45) is 0. The Morgan fingerprint density at radius 1 is 1.00 bits per heavy atom. The summed E-state index contributed by atoms with van der Waals surface area (Å²) in [5.74, 6) is 0.886. The summed E-state index contributed by atoms with van der Waals surface area (Å²) in [5.41, 5.74) is 3.04. The quantitative estimate of drug-likeness (QED) is 0.797. The van der Waals surface area contributed by atoms with E-state index in [0.29, 0.717) is 0 Å². The van der Waals surface area contributed by atoms with Crippen molar-refractivity contribution in [3.8, 4) is 5.75 Å². The molecule has 0 aliphatic carbocycles. The Hall–Kier alpha value is -1.67. The van der Waals surface area contributed by atoms with Gasteiger partial charge >= 0.3 is 0 Å². The van der Waals surface area contributed by atoms with Crippen LogP contribution in [0.5, 0.6) is 5.75 Å². The highest BCUT2D eigenvalue weighted by molar-refractivity contribution is 6.30. The number of ether oxygens (including phenoxy) is 1. The Morgan fingerprint density at radius 3 is 2.20 bits per heavy atom. The molecule has 20 heavy (non-hydrogen) atoms. The van der Waals surface area contributed by atoms with Crippen LogP contribution in [-0.4, -0.2) is 5.60 Å². The highest BCUT2D eigenvalue weighted by Gasteiger charge is 2.12. The molecule has 0 atom stereocenters. The van der Waals surface area contributed by atoms with Crippen LogP contribution < -0.4 is 10.1 Å². The average Bonchev–Trinajstić information content (AvgIpc) is 2.33. The molecule has 0 saturated heterocycles. The summed E-state index contributed by atoms with van der Waals surface area (Å²) in [6.45, 7) is 8.19. The van der Waals surface area contributed by atoms with E-state index in [4.69, 9.17) is 16.3 Å². The van der Waals surface area contributed by atoms with Crippen LogP contribution in [0.15, 0.2) is 42.5 Å². The third-order valence-corrected chi connectivity index (χ3v) is 3.00. The summed E-state index contributed by atoms with van der Waals surface area (Å²) in [7, 11) is 0. The minimum absolute atomic E-state index is 0.183. The highest BCUT2D eigenvalue weighted by Crippen LogP contribution is 2.27. The Kier molecular flexibility index (Phi) is 4.24. The molecule has 2 rings (SSSR count). The maximum absolute atomic E-state index is 5.88. The zero-order valence-corrected chi connectivity index (χ0v) is 13.1. The molecule has 0 spiro atoms. The van der Waals surface area contributed by atoms with Crippen molar-refractivity contribution in [2.24, 2.45) is 0 Å². The molecule has 0 radical (unpaired) electrons. The lowest BCUT2D eigenvalue weighted by Gasteiger charge is -2.22. The number of rotatable bonds is 3. The van der Waals surface area contributed by atoms with E-state index in [2.05, 4.69) is 12.2 Å². The van der Waals surface area contributed by atoms with Crippen molar-refractivity contribution in [3.63, 3.8) is 0 Å². The minimum atomic E-state index is -0.183. The van der Waals surface area contributed by atoms with Crippen LogP contribution in [0.3, 0.4) is 0 Å². The smallest absolute Gasteiger partial charge is 0.120 e. The van der Waals surface area contributed by atoms with Gasteiger partial charge in [0.1, 0.15) is 11.4 Å². The van der Waals surface area contributed by atoms with Crippen LogP contribution in [0.2, 0.25) is 5.02 Å². The van der Waals surface area contributed by atoms with Gasteiger partial charge in [-0.3, -0.25) is 0 Å². The van der Waals surface area contributed by atoms with Gasteiger partial charge in [-0.05, 0) is 75.7 Å². The van der Waals surface area contributed by atoms with Crippen LogP contribution >= 0.6 is 11.6 Å². The van der Waals surface area contributed by atoms with Gasteiger partial charge in [0, 0.05) is 16.4 Å². The molecule has 0 bridgehead atoms. The normalized spacial score (nSPS) is 11.2. The van der Waals surface area contributed by atoms with E-state index in [9.17, 15) is 0 Å². The summed E-state index contributed by atoms with van der Waals surface area (Å²) in [4.78, 5) is 0. The first-order valence-corrected chi connectivity index (χ1v) is 7.03. The standard InChI is InChI=1S/C17H20ClNO/c1-12-11-15(20-17(2,3)4)9-10-16(12)19-14-7-5-13(18)6-8-14/h5-11,19H,1-4H3. The molecule has 0 saturated carbocycles. The second-order valence-corrected chi connectivity index (χ2v) is 6.26. The number of benzene rings is 2. The topological polar surface area (TPSA) is 21.3 Å². The van der Waals surface area contributed by atoms with Crippen molar-refractivity contribution >= 4 is 23.0 Å². The highest BCUT2D eigenvalue weighted by atomic mass is 35.5. The molecule has 0 fully saturated rings. The molecule has 2 aromatic rings. The first-order chi connectivity index (χ1) is 9.33. The van der Waals surface area contributed by atoms with Crippen LogP contribution in [0.4, 0.5) is 11.4 Å². The number of halogens is 1. The summed E-state index contributed by atoms with van der Waals surface area (Å²) in [6, 6.07) is 13.7. The van der Waals surface area contributed by atoms with Crippen LogP contribution in [-0.2, 0) is 0 Å². The van der Waals surface area contributed by atoms with E-state index >= 15 is 0 Å². The molecule has 0 aromatic heterocycles. The molecule has 2 nitrogen and oxygen atoms in total. The number of anilines is 2. The van der Waals surface area contributed by atoms with Gasteiger partial charge in [0.2, 0.25) is 0 Å². The molecular formula is C17H20ClNO. The lowest BCUT2D eigenvalue weighted by molar-refractivity contribution is 0.131. The van der Waals surface area contributed by atoms with E-state index in [0.717, 1.165) is 27.7 Å². The predicted octanol–water partition coefficient (Wildman–Crippen LogP) is 5.57. The molecular weight excluding hydrogens is 270 g/mol. The Morgan fingerprint density at radius 2 is 1.65 bits per heavy atom. The number of nitrogens with one attached hydrogen (secondary N) is 1. The van der Waals surface area contributed by atoms with Crippen molar-refractivity contribution in [2.75, 3.05) is 5.32 Å². The first kappa shape index (κ1) is 14.7. The van der Waals surface area contributed by atoms with Crippen LogP contribution in [0.25, 0.3) is 0 Å². The van der Waals surface area contributed by atoms with Gasteiger partial charge in [0.25, 0.3) is 0 Å². The fourth-order valence-electron chi connectivity index (χ4n) is 1.88. The van der Waals surface area contributed by atoms with E-state index in [-0.39, 0.29) is 5.60 Å². The van der Waals surface area contributed by atoms with Gasteiger partial charge in [-0.2, -0.15) is 0 Å². The van der Waals surface area contributed by atoms with Crippen LogP contribution in [0, 0.1) is 6.92 Å². The second-order valence-electron chi connectivity index (χ2n) is 5.82. The zero-order valence-electron chi connectivity index (χ0n) is 12.3. The number of hydrogen-bond donors (Lipinski definition) is 1. The lowest BCUT2D eigenvalue weighted by atomic mass is 10.1. The van der Waals surface area contributed by atoms with E-state index in [1.807, 2.05) is 63.2 Å². The van der Waals surface area contributed by atoms with Gasteiger partial charge in [-0.1, -0.05) is 11.6 Å². The maximum atomic E-state index is 5.88. The van der Waals surface area contributed by atoms with Gasteiger partial charge in [0.05, 0.1) is 0 Å². The van der Waals surface area contributed by atoms with E-state index in [1.165, 1.54) is 0 Å². The van der Waals surface area contributed by atoms with Gasteiger partial charge in [-0.15, -0.1) is 0 Å². The maximum Gasteiger partial charge on any atom is 0.120 e. The third kappa shape index (κ3) is 4.17. The molecule has 0 heterocycles. The van der Waals surface area contributed by atoms with Crippen molar-refractivity contribution < 1.29 is 4.74 Å². The Balaban J connectivity index is 2.15.